The molecule has 1 N–H and O–H groups in total. The van der Waals surface area contributed by atoms with Crippen LogP contribution in [0, 0.1) is 17.2 Å². The highest BCUT2D eigenvalue weighted by Gasteiger charge is 2.15. The predicted octanol–water partition coefficient (Wildman–Crippen LogP) is 5.97. The Balaban J connectivity index is 2.28. The molecule has 0 heterocycles. The van der Waals surface area contributed by atoms with E-state index in [4.69, 9.17) is 32.7 Å². The number of hydrogen-bond donors (Lipinski definition) is 1. The molecule has 1 amide bonds. The van der Waals surface area contributed by atoms with Gasteiger partial charge >= 0.3 is 0 Å². The SMILES string of the molecule is CCOc1ccc(NC(=O)/C(C#N)=C/c2cc(Cl)cc(Cl)c2OCC(C)C)cc1. The van der Waals surface area contributed by atoms with Gasteiger partial charge in [0.1, 0.15) is 23.1 Å². The van der Waals surface area contributed by atoms with E-state index in [1.54, 1.807) is 36.4 Å². The molecule has 7 heteroatoms. The Morgan fingerprint density at radius 2 is 1.90 bits per heavy atom. The van der Waals surface area contributed by atoms with Gasteiger partial charge in [0.05, 0.1) is 18.2 Å². The molecule has 152 valence electrons. The van der Waals surface area contributed by atoms with Crippen molar-refractivity contribution in [3.05, 3.63) is 57.6 Å². The number of nitriles is 1. The summed E-state index contributed by atoms with van der Waals surface area (Å²) in [5, 5.41) is 12.9. The molecule has 2 aromatic carbocycles. The lowest BCUT2D eigenvalue weighted by Gasteiger charge is -2.14. The minimum Gasteiger partial charge on any atom is -0.494 e. The first kappa shape index (κ1) is 22.6. The second-order valence-electron chi connectivity index (χ2n) is 6.59. The molecule has 0 aromatic heterocycles. The molecule has 0 atom stereocenters. The second kappa shape index (κ2) is 10.8. The van der Waals surface area contributed by atoms with Crippen LogP contribution in [0.2, 0.25) is 10.0 Å². The van der Waals surface area contributed by atoms with Crippen molar-refractivity contribution in [2.24, 2.45) is 5.92 Å². The Labute approximate surface area is 180 Å². The van der Waals surface area contributed by atoms with Crippen molar-refractivity contribution >= 4 is 40.9 Å². The maximum Gasteiger partial charge on any atom is 0.266 e. The molecule has 0 radical (unpaired) electrons. The van der Waals surface area contributed by atoms with Gasteiger partial charge in [-0.25, -0.2) is 0 Å². The fraction of sp³-hybridized carbons (Fsp3) is 0.273. The van der Waals surface area contributed by atoms with Crippen molar-refractivity contribution < 1.29 is 14.3 Å². The first-order valence-electron chi connectivity index (χ1n) is 9.11. The van der Waals surface area contributed by atoms with Gasteiger partial charge in [-0.3, -0.25) is 4.79 Å². The summed E-state index contributed by atoms with van der Waals surface area (Å²) >= 11 is 12.4. The molecule has 2 aromatic rings. The molecule has 2 rings (SSSR count). The van der Waals surface area contributed by atoms with Gasteiger partial charge in [-0.15, -0.1) is 0 Å². The van der Waals surface area contributed by atoms with Crippen molar-refractivity contribution in [2.75, 3.05) is 18.5 Å². The van der Waals surface area contributed by atoms with Gasteiger partial charge in [0.2, 0.25) is 0 Å². The number of nitrogens with one attached hydrogen (secondary N) is 1. The number of halogens is 2. The number of amides is 1. The van der Waals surface area contributed by atoms with Gasteiger partial charge < -0.3 is 14.8 Å². The number of rotatable bonds is 8. The summed E-state index contributed by atoms with van der Waals surface area (Å²) in [4.78, 5) is 12.6. The summed E-state index contributed by atoms with van der Waals surface area (Å²) < 4.78 is 11.1. The molecule has 0 saturated heterocycles. The van der Waals surface area contributed by atoms with E-state index < -0.39 is 5.91 Å². The zero-order chi connectivity index (χ0) is 21.4. The Morgan fingerprint density at radius 1 is 1.21 bits per heavy atom. The van der Waals surface area contributed by atoms with Crippen LogP contribution in [0.1, 0.15) is 26.3 Å². The number of carbonyl (C=O) groups is 1. The fourth-order valence-electron chi connectivity index (χ4n) is 2.39. The molecule has 0 unspecified atom stereocenters. The van der Waals surface area contributed by atoms with Crippen LogP contribution in [-0.2, 0) is 4.79 Å². The Morgan fingerprint density at radius 3 is 2.48 bits per heavy atom. The van der Waals surface area contributed by atoms with Crippen molar-refractivity contribution in [2.45, 2.75) is 20.8 Å². The van der Waals surface area contributed by atoms with E-state index in [9.17, 15) is 10.1 Å². The monoisotopic (exact) mass is 432 g/mol. The quantitative estimate of drug-likeness (QED) is 0.411. The van der Waals surface area contributed by atoms with E-state index >= 15 is 0 Å². The van der Waals surface area contributed by atoms with Crippen LogP contribution >= 0.6 is 23.2 Å². The normalized spacial score (nSPS) is 11.1. The third-order valence-corrected chi connectivity index (χ3v) is 4.19. The van der Waals surface area contributed by atoms with E-state index in [1.807, 2.05) is 26.8 Å². The lowest BCUT2D eigenvalue weighted by molar-refractivity contribution is -0.112. The number of nitrogens with zero attached hydrogens (tertiary/aromatic N) is 1. The number of carbonyl (C=O) groups excluding carboxylic acids is 1. The molecule has 0 aliphatic rings. The predicted molar refractivity (Wildman–Crippen MR) is 117 cm³/mol. The maximum atomic E-state index is 12.6. The Bertz CT molecular complexity index is 932. The molecule has 0 bridgehead atoms. The number of hydrogen-bond acceptors (Lipinski definition) is 4. The summed E-state index contributed by atoms with van der Waals surface area (Å²) in [6.45, 7) is 6.88. The van der Waals surface area contributed by atoms with Gasteiger partial charge in [-0.1, -0.05) is 37.0 Å². The van der Waals surface area contributed by atoms with Gasteiger partial charge in [0.15, 0.2) is 0 Å². The van der Waals surface area contributed by atoms with Crippen molar-refractivity contribution in [1.29, 1.82) is 5.26 Å². The van der Waals surface area contributed by atoms with Crippen LogP contribution < -0.4 is 14.8 Å². The van der Waals surface area contributed by atoms with Crippen LogP contribution in [0.4, 0.5) is 5.69 Å². The van der Waals surface area contributed by atoms with Gasteiger partial charge in [-0.2, -0.15) is 5.26 Å². The molecular formula is C22H22Cl2N2O3. The van der Waals surface area contributed by atoms with Gasteiger partial charge in [-0.05, 0) is 55.3 Å². The summed E-state index contributed by atoms with van der Waals surface area (Å²) in [6, 6.07) is 12.0. The molecular weight excluding hydrogens is 411 g/mol. The molecule has 0 aliphatic heterocycles. The van der Waals surface area contributed by atoms with Crippen molar-refractivity contribution in [3.8, 4) is 17.6 Å². The van der Waals surface area contributed by atoms with Crippen LogP contribution in [0.15, 0.2) is 42.0 Å². The average molecular weight is 433 g/mol. The van der Waals surface area contributed by atoms with Crippen molar-refractivity contribution in [3.63, 3.8) is 0 Å². The lowest BCUT2D eigenvalue weighted by atomic mass is 10.1. The Hall–Kier alpha value is -2.68. The van der Waals surface area contributed by atoms with Crippen LogP contribution in [0.25, 0.3) is 6.08 Å². The minimum atomic E-state index is -0.553. The first-order chi connectivity index (χ1) is 13.8. The van der Waals surface area contributed by atoms with Crippen LogP contribution in [0.3, 0.4) is 0 Å². The summed E-state index contributed by atoms with van der Waals surface area (Å²) in [7, 11) is 0. The number of anilines is 1. The minimum absolute atomic E-state index is 0.105. The maximum absolute atomic E-state index is 12.6. The van der Waals surface area contributed by atoms with E-state index in [2.05, 4.69) is 5.32 Å². The molecule has 5 nitrogen and oxygen atoms in total. The van der Waals surface area contributed by atoms with Gasteiger partial charge in [0.25, 0.3) is 5.91 Å². The standard InChI is InChI=1S/C22H22Cl2N2O3/c1-4-28-19-7-5-18(6-8-19)26-22(27)16(12-25)9-15-10-17(23)11-20(24)21(15)29-13-14(2)3/h5-11,14H,4,13H2,1-3H3,(H,26,27)/b16-9+. The molecule has 0 spiro atoms. The molecule has 29 heavy (non-hydrogen) atoms. The van der Waals surface area contributed by atoms with Gasteiger partial charge in [0, 0.05) is 16.3 Å². The summed E-state index contributed by atoms with van der Waals surface area (Å²) in [5.41, 5.74) is 0.896. The number of benzene rings is 2. The zero-order valence-corrected chi connectivity index (χ0v) is 18.0. The van der Waals surface area contributed by atoms with Crippen LogP contribution in [0.5, 0.6) is 11.5 Å². The molecule has 0 aliphatic carbocycles. The highest BCUT2D eigenvalue weighted by molar-refractivity contribution is 6.36. The second-order valence-corrected chi connectivity index (χ2v) is 7.44. The highest BCUT2D eigenvalue weighted by atomic mass is 35.5. The van der Waals surface area contributed by atoms with E-state index in [1.165, 1.54) is 6.08 Å². The fourth-order valence-corrected chi connectivity index (χ4v) is 2.96. The topological polar surface area (TPSA) is 71.3 Å². The summed E-state index contributed by atoms with van der Waals surface area (Å²) in [5.74, 6) is 0.799. The third-order valence-electron chi connectivity index (χ3n) is 3.69. The average Bonchev–Trinajstić information content (AvgIpc) is 2.66. The summed E-state index contributed by atoms with van der Waals surface area (Å²) in [6.07, 6.45) is 1.41. The highest BCUT2D eigenvalue weighted by Crippen LogP contribution is 2.34. The lowest BCUT2D eigenvalue weighted by Crippen LogP contribution is -2.13. The van der Waals surface area contributed by atoms with Crippen molar-refractivity contribution in [1.82, 2.24) is 0 Å². The first-order valence-corrected chi connectivity index (χ1v) is 9.87. The number of ether oxygens (including phenoxy) is 2. The molecule has 0 saturated carbocycles. The zero-order valence-electron chi connectivity index (χ0n) is 16.5. The smallest absolute Gasteiger partial charge is 0.266 e. The Kier molecular flexibility index (Phi) is 8.38. The largest absolute Gasteiger partial charge is 0.494 e. The van der Waals surface area contributed by atoms with E-state index in [0.29, 0.717) is 46.0 Å². The molecule has 0 fully saturated rings. The van der Waals surface area contributed by atoms with Crippen LogP contribution in [-0.4, -0.2) is 19.1 Å². The third kappa shape index (κ3) is 6.70. The van der Waals surface area contributed by atoms with E-state index in [0.717, 1.165) is 0 Å². The van der Waals surface area contributed by atoms with E-state index in [-0.39, 0.29) is 11.5 Å².